The Labute approximate surface area is 141 Å². The number of aromatic nitrogens is 1. The van der Waals surface area contributed by atoms with Crippen molar-refractivity contribution in [2.75, 3.05) is 13.2 Å². The number of carbonyl (C=O) groups is 1. The standard InChI is InChI=1S/C18H22N2O4/c1-18(2,3)17-19-9-13(24-17)11-20-7-8-23-15-12(10-20)5-4-6-14(15)16(21)22/h4-6,9H,7-8,10-11H2,1-3H3,(H,21,22). The van der Waals surface area contributed by atoms with E-state index in [-0.39, 0.29) is 11.0 Å². The molecule has 1 aromatic heterocycles. The van der Waals surface area contributed by atoms with Gasteiger partial charge in [-0.05, 0) is 6.07 Å². The van der Waals surface area contributed by atoms with Crippen molar-refractivity contribution in [1.82, 2.24) is 9.88 Å². The lowest BCUT2D eigenvalue weighted by Crippen LogP contribution is -2.25. The van der Waals surface area contributed by atoms with Crippen LogP contribution in [-0.2, 0) is 18.5 Å². The Morgan fingerprint density at radius 3 is 2.83 bits per heavy atom. The van der Waals surface area contributed by atoms with Crippen LogP contribution in [0.1, 0.15) is 48.3 Å². The van der Waals surface area contributed by atoms with Crippen LogP contribution in [0, 0.1) is 0 Å². The average Bonchev–Trinajstić information content (AvgIpc) is 2.87. The monoisotopic (exact) mass is 330 g/mol. The molecule has 1 N–H and O–H groups in total. The van der Waals surface area contributed by atoms with Crippen LogP contribution in [0.15, 0.2) is 28.8 Å². The van der Waals surface area contributed by atoms with E-state index < -0.39 is 5.97 Å². The van der Waals surface area contributed by atoms with E-state index in [4.69, 9.17) is 9.15 Å². The summed E-state index contributed by atoms with van der Waals surface area (Å²) in [5.74, 6) is 1.03. The van der Waals surface area contributed by atoms with Gasteiger partial charge in [-0.25, -0.2) is 9.78 Å². The van der Waals surface area contributed by atoms with E-state index in [1.54, 1.807) is 18.3 Å². The van der Waals surface area contributed by atoms with Gasteiger partial charge in [0.1, 0.15) is 23.7 Å². The summed E-state index contributed by atoms with van der Waals surface area (Å²) in [7, 11) is 0. The highest BCUT2D eigenvalue weighted by molar-refractivity contribution is 5.91. The fraction of sp³-hybridized carbons (Fsp3) is 0.444. The van der Waals surface area contributed by atoms with Gasteiger partial charge in [0.25, 0.3) is 0 Å². The zero-order chi connectivity index (χ0) is 17.3. The largest absolute Gasteiger partial charge is 0.491 e. The Morgan fingerprint density at radius 1 is 1.38 bits per heavy atom. The van der Waals surface area contributed by atoms with Gasteiger partial charge in [-0.1, -0.05) is 32.9 Å². The molecule has 0 unspecified atom stereocenters. The number of aromatic carboxylic acids is 1. The molecule has 0 saturated carbocycles. The molecule has 1 aliphatic heterocycles. The molecular weight excluding hydrogens is 308 g/mol. The van der Waals surface area contributed by atoms with Crippen molar-refractivity contribution in [1.29, 1.82) is 0 Å². The molecule has 3 rings (SSSR count). The summed E-state index contributed by atoms with van der Waals surface area (Å²) in [5.41, 5.74) is 0.968. The zero-order valence-electron chi connectivity index (χ0n) is 14.2. The van der Waals surface area contributed by atoms with Crippen LogP contribution >= 0.6 is 0 Å². The number of oxazole rings is 1. The molecule has 6 nitrogen and oxygen atoms in total. The molecule has 0 fully saturated rings. The molecule has 2 heterocycles. The number of nitrogens with zero attached hydrogens (tertiary/aromatic N) is 2. The Bertz CT molecular complexity index is 746. The van der Waals surface area contributed by atoms with Gasteiger partial charge in [-0.2, -0.15) is 0 Å². The second-order valence-electron chi connectivity index (χ2n) is 7.04. The smallest absolute Gasteiger partial charge is 0.339 e. The average molecular weight is 330 g/mol. The van der Waals surface area contributed by atoms with Crippen molar-refractivity contribution >= 4 is 5.97 Å². The van der Waals surface area contributed by atoms with E-state index in [1.165, 1.54) is 0 Å². The molecule has 0 amide bonds. The second-order valence-corrected chi connectivity index (χ2v) is 7.04. The fourth-order valence-corrected chi connectivity index (χ4v) is 2.73. The molecule has 0 radical (unpaired) electrons. The summed E-state index contributed by atoms with van der Waals surface area (Å²) < 4.78 is 11.6. The highest BCUT2D eigenvalue weighted by Crippen LogP contribution is 2.29. The van der Waals surface area contributed by atoms with E-state index in [9.17, 15) is 9.90 Å². The van der Waals surface area contributed by atoms with Gasteiger partial charge < -0.3 is 14.3 Å². The molecule has 0 saturated heterocycles. The lowest BCUT2D eigenvalue weighted by Gasteiger charge is -2.18. The van der Waals surface area contributed by atoms with Gasteiger partial charge in [-0.3, -0.25) is 4.90 Å². The maximum Gasteiger partial charge on any atom is 0.339 e. The van der Waals surface area contributed by atoms with Gasteiger partial charge in [0.15, 0.2) is 5.89 Å². The second kappa shape index (κ2) is 6.28. The lowest BCUT2D eigenvalue weighted by atomic mass is 9.97. The van der Waals surface area contributed by atoms with Gasteiger partial charge in [0, 0.05) is 24.1 Å². The number of carboxylic acids is 1. The van der Waals surface area contributed by atoms with Gasteiger partial charge >= 0.3 is 5.97 Å². The van der Waals surface area contributed by atoms with E-state index in [0.717, 1.165) is 17.2 Å². The van der Waals surface area contributed by atoms with E-state index in [2.05, 4.69) is 30.7 Å². The minimum absolute atomic E-state index is 0.122. The molecule has 6 heteroatoms. The third-order valence-electron chi connectivity index (χ3n) is 3.95. The van der Waals surface area contributed by atoms with Crippen LogP contribution < -0.4 is 4.74 Å². The first-order valence-electron chi connectivity index (χ1n) is 8.00. The predicted molar refractivity (Wildman–Crippen MR) is 88.2 cm³/mol. The normalized spacial score (nSPS) is 15.5. The molecule has 128 valence electrons. The number of hydrogen-bond acceptors (Lipinski definition) is 5. The number of para-hydroxylation sites is 1. The summed E-state index contributed by atoms with van der Waals surface area (Å²) in [6, 6.07) is 5.23. The Kier molecular flexibility index (Phi) is 4.32. The number of rotatable bonds is 3. The maximum atomic E-state index is 11.3. The van der Waals surface area contributed by atoms with E-state index >= 15 is 0 Å². The van der Waals surface area contributed by atoms with Crippen LogP contribution in [-0.4, -0.2) is 34.1 Å². The third kappa shape index (κ3) is 3.43. The highest BCUT2D eigenvalue weighted by Gasteiger charge is 2.23. The molecule has 0 bridgehead atoms. The number of fused-ring (bicyclic) bond motifs is 1. The van der Waals surface area contributed by atoms with Crippen molar-refractivity contribution in [2.24, 2.45) is 0 Å². The van der Waals surface area contributed by atoms with Crippen molar-refractivity contribution in [3.63, 3.8) is 0 Å². The van der Waals surface area contributed by atoms with E-state index in [0.29, 0.717) is 32.0 Å². The molecular formula is C18H22N2O4. The van der Waals surface area contributed by atoms with Crippen molar-refractivity contribution < 1.29 is 19.1 Å². The molecule has 24 heavy (non-hydrogen) atoms. The van der Waals surface area contributed by atoms with Crippen LogP contribution in [0.25, 0.3) is 0 Å². The highest BCUT2D eigenvalue weighted by atomic mass is 16.5. The van der Waals surface area contributed by atoms with Crippen LogP contribution in [0.2, 0.25) is 0 Å². The van der Waals surface area contributed by atoms with Crippen molar-refractivity contribution in [3.05, 3.63) is 47.2 Å². The van der Waals surface area contributed by atoms with Gasteiger partial charge in [0.05, 0.1) is 12.7 Å². The summed E-state index contributed by atoms with van der Waals surface area (Å²) in [4.78, 5) is 17.9. The van der Waals surface area contributed by atoms with Crippen molar-refractivity contribution in [2.45, 2.75) is 39.3 Å². The SMILES string of the molecule is CC(C)(C)c1ncc(CN2CCOc3c(cccc3C(=O)O)C2)o1. The quantitative estimate of drug-likeness (QED) is 0.932. The summed E-state index contributed by atoms with van der Waals surface area (Å²) >= 11 is 0. The Hall–Kier alpha value is -2.34. The first-order chi connectivity index (χ1) is 11.3. The van der Waals surface area contributed by atoms with Gasteiger partial charge in [0.2, 0.25) is 0 Å². The minimum Gasteiger partial charge on any atom is -0.491 e. The lowest BCUT2D eigenvalue weighted by molar-refractivity contribution is 0.0692. The molecule has 0 atom stereocenters. The summed E-state index contributed by atoms with van der Waals surface area (Å²) in [6.07, 6.45) is 1.76. The molecule has 2 aromatic rings. The first-order valence-corrected chi connectivity index (χ1v) is 8.00. The third-order valence-corrected chi connectivity index (χ3v) is 3.95. The summed E-state index contributed by atoms with van der Waals surface area (Å²) in [5, 5.41) is 9.30. The van der Waals surface area contributed by atoms with Crippen molar-refractivity contribution in [3.8, 4) is 5.75 Å². The fourth-order valence-electron chi connectivity index (χ4n) is 2.73. The minimum atomic E-state index is -0.967. The number of ether oxygens (including phenoxy) is 1. The van der Waals surface area contributed by atoms with Crippen LogP contribution in [0.3, 0.4) is 0 Å². The molecule has 1 aromatic carbocycles. The number of hydrogen-bond donors (Lipinski definition) is 1. The Morgan fingerprint density at radius 2 is 2.17 bits per heavy atom. The Balaban J connectivity index is 1.78. The maximum absolute atomic E-state index is 11.3. The predicted octanol–water partition coefficient (Wildman–Crippen LogP) is 3.06. The number of benzene rings is 1. The van der Waals surface area contributed by atoms with Gasteiger partial charge in [-0.15, -0.1) is 0 Å². The van der Waals surface area contributed by atoms with E-state index in [1.807, 2.05) is 6.07 Å². The van der Waals surface area contributed by atoms with Crippen LogP contribution in [0.5, 0.6) is 5.75 Å². The molecule has 1 aliphatic rings. The molecule has 0 aliphatic carbocycles. The number of carboxylic acid groups (broad SMARTS) is 1. The summed E-state index contributed by atoms with van der Waals surface area (Å²) in [6.45, 7) is 8.55. The first kappa shape index (κ1) is 16.5. The van der Waals surface area contributed by atoms with Crippen LogP contribution in [0.4, 0.5) is 0 Å². The molecule has 0 spiro atoms. The zero-order valence-corrected chi connectivity index (χ0v) is 14.2. The topological polar surface area (TPSA) is 75.8 Å².